The summed E-state index contributed by atoms with van der Waals surface area (Å²) in [6, 6.07) is 6.75. The molecule has 0 amide bonds. The first-order valence-corrected chi connectivity index (χ1v) is 11.2. The lowest BCUT2D eigenvalue weighted by Crippen LogP contribution is -2.37. The van der Waals surface area contributed by atoms with Crippen LogP contribution in [0.1, 0.15) is 64.4 Å². The van der Waals surface area contributed by atoms with Crippen LogP contribution in [-0.2, 0) is 11.2 Å². The third-order valence-electron chi connectivity index (χ3n) is 4.97. The second kappa shape index (κ2) is 13.3. The lowest BCUT2D eigenvalue weighted by atomic mass is 10.1. The maximum absolute atomic E-state index is 13.1. The number of aryl methyl sites for hydroxylation is 1. The number of aromatic nitrogens is 2. The van der Waals surface area contributed by atoms with E-state index in [9.17, 15) is 13.2 Å². The Hall–Kier alpha value is -2.15. The Morgan fingerprint density at radius 1 is 0.871 bits per heavy atom. The molecule has 0 saturated carbocycles. The van der Waals surface area contributed by atoms with Crippen LogP contribution in [0.2, 0.25) is 0 Å². The van der Waals surface area contributed by atoms with Gasteiger partial charge in [-0.2, -0.15) is 13.2 Å². The monoisotopic (exact) mass is 438 g/mol. The number of nitrogens with zero attached hydrogens (tertiary/aromatic N) is 2. The Labute approximate surface area is 183 Å². The molecule has 1 aromatic carbocycles. The van der Waals surface area contributed by atoms with Gasteiger partial charge in [-0.1, -0.05) is 46.0 Å². The Bertz CT molecular complexity index is 734. The molecule has 0 radical (unpaired) electrons. The summed E-state index contributed by atoms with van der Waals surface area (Å²) in [4.78, 5) is 8.82. The summed E-state index contributed by atoms with van der Waals surface area (Å²) in [7, 11) is 0. The van der Waals surface area contributed by atoms with Gasteiger partial charge in [0.1, 0.15) is 12.4 Å². The molecule has 31 heavy (non-hydrogen) atoms. The first-order chi connectivity index (χ1) is 14.9. The minimum absolute atomic E-state index is 0.0756. The third-order valence-corrected chi connectivity index (χ3v) is 4.97. The Balaban J connectivity index is 1.87. The van der Waals surface area contributed by atoms with Crippen LogP contribution in [0.25, 0.3) is 11.4 Å². The van der Waals surface area contributed by atoms with Crippen molar-refractivity contribution >= 4 is 0 Å². The van der Waals surface area contributed by atoms with Gasteiger partial charge in [-0.25, -0.2) is 9.97 Å². The average molecular weight is 439 g/mol. The van der Waals surface area contributed by atoms with E-state index < -0.39 is 18.9 Å². The summed E-state index contributed by atoms with van der Waals surface area (Å²) in [5.41, 5.74) is 1.89. The van der Waals surface area contributed by atoms with Crippen molar-refractivity contribution in [2.24, 2.45) is 0 Å². The van der Waals surface area contributed by atoms with Crippen molar-refractivity contribution < 1.29 is 22.6 Å². The molecule has 0 aliphatic rings. The molecule has 0 saturated heterocycles. The van der Waals surface area contributed by atoms with Crippen molar-refractivity contribution in [3.63, 3.8) is 0 Å². The van der Waals surface area contributed by atoms with Gasteiger partial charge in [0.15, 0.2) is 11.9 Å². The molecule has 4 nitrogen and oxygen atoms in total. The smallest absolute Gasteiger partial charge is 0.417 e. The highest BCUT2D eigenvalue weighted by molar-refractivity contribution is 5.55. The van der Waals surface area contributed by atoms with Gasteiger partial charge in [0, 0.05) is 24.6 Å². The predicted molar refractivity (Wildman–Crippen MR) is 116 cm³/mol. The lowest BCUT2D eigenvalue weighted by molar-refractivity contribution is -0.227. The van der Waals surface area contributed by atoms with Crippen LogP contribution < -0.4 is 4.74 Å². The van der Waals surface area contributed by atoms with Crippen LogP contribution >= 0.6 is 0 Å². The molecule has 1 unspecified atom stereocenters. The fraction of sp³-hybridized carbons (Fsp3) is 0.583. The number of halogens is 3. The molecule has 1 aromatic heterocycles. The van der Waals surface area contributed by atoms with Crippen LogP contribution in [0.4, 0.5) is 13.2 Å². The van der Waals surface area contributed by atoms with Crippen LogP contribution in [0.15, 0.2) is 36.7 Å². The van der Waals surface area contributed by atoms with Crippen molar-refractivity contribution in [2.45, 2.75) is 77.5 Å². The summed E-state index contributed by atoms with van der Waals surface area (Å²) >= 11 is 0. The highest BCUT2D eigenvalue weighted by Crippen LogP contribution is 2.25. The highest BCUT2D eigenvalue weighted by Gasteiger charge is 2.41. The molecule has 0 bridgehead atoms. The molecule has 172 valence electrons. The van der Waals surface area contributed by atoms with Crippen LogP contribution in [0, 0.1) is 0 Å². The predicted octanol–water partition coefficient (Wildman–Crippen LogP) is 6.78. The highest BCUT2D eigenvalue weighted by atomic mass is 19.4. The van der Waals surface area contributed by atoms with Gasteiger partial charge < -0.3 is 9.47 Å². The number of hydrogen-bond acceptors (Lipinski definition) is 4. The number of rotatable bonds is 14. The van der Waals surface area contributed by atoms with Gasteiger partial charge in [-0.05, 0) is 49.1 Å². The molecular weight excluding hydrogens is 405 g/mol. The van der Waals surface area contributed by atoms with Gasteiger partial charge in [-0.15, -0.1) is 0 Å². The molecule has 7 heteroatoms. The largest absolute Gasteiger partial charge is 0.491 e. The maximum atomic E-state index is 13.1. The van der Waals surface area contributed by atoms with E-state index >= 15 is 0 Å². The van der Waals surface area contributed by atoms with E-state index in [4.69, 9.17) is 9.47 Å². The minimum Gasteiger partial charge on any atom is -0.491 e. The van der Waals surface area contributed by atoms with E-state index in [0.29, 0.717) is 18.0 Å². The summed E-state index contributed by atoms with van der Waals surface area (Å²) in [6.45, 7) is 3.68. The van der Waals surface area contributed by atoms with Crippen LogP contribution in [0.5, 0.6) is 5.75 Å². The zero-order valence-electron chi connectivity index (χ0n) is 18.5. The quantitative estimate of drug-likeness (QED) is 0.305. The average Bonchev–Trinajstić information content (AvgIpc) is 2.76. The maximum Gasteiger partial charge on any atom is 0.417 e. The van der Waals surface area contributed by atoms with Crippen LogP contribution in [0.3, 0.4) is 0 Å². The Morgan fingerprint density at radius 3 is 2.13 bits per heavy atom. The summed E-state index contributed by atoms with van der Waals surface area (Å²) in [5.74, 6) is 0.930. The number of alkyl halides is 3. The zero-order valence-corrected chi connectivity index (χ0v) is 18.5. The molecule has 0 aliphatic carbocycles. The number of benzene rings is 1. The first-order valence-electron chi connectivity index (χ1n) is 11.2. The summed E-state index contributed by atoms with van der Waals surface area (Å²) in [6.07, 6.45) is 5.40. The molecule has 0 fully saturated rings. The van der Waals surface area contributed by atoms with E-state index in [1.165, 1.54) is 19.3 Å². The van der Waals surface area contributed by atoms with Gasteiger partial charge in [0.25, 0.3) is 0 Å². The van der Waals surface area contributed by atoms with E-state index in [1.54, 1.807) is 24.3 Å². The van der Waals surface area contributed by atoms with Crippen molar-refractivity contribution in [3.05, 3.63) is 42.2 Å². The fourth-order valence-corrected chi connectivity index (χ4v) is 3.08. The number of hydrogen-bond donors (Lipinski definition) is 0. The van der Waals surface area contributed by atoms with Crippen molar-refractivity contribution in [3.8, 4) is 17.1 Å². The van der Waals surface area contributed by atoms with Gasteiger partial charge in [0.2, 0.25) is 0 Å². The summed E-state index contributed by atoms with van der Waals surface area (Å²) in [5, 5.41) is 0. The molecule has 1 heterocycles. The minimum atomic E-state index is -4.46. The first kappa shape index (κ1) is 25.1. The van der Waals surface area contributed by atoms with E-state index in [0.717, 1.165) is 36.8 Å². The molecule has 0 aliphatic heterocycles. The molecule has 0 spiro atoms. The number of unbranched alkanes of at least 4 members (excludes halogenated alkanes) is 5. The zero-order chi connectivity index (χ0) is 22.5. The molecule has 2 rings (SSSR count). The van der Waals surface area contributed by atoms with E-state index in [2.05, 4.69) is 16.9 Å². The molecule has 2 aromatic rings. The van der Waals surface area contributed by atoms with Gasteiger partial charge in [0.05, 0.1) is 0 Å². The van der Waals surface area contributed by atoms with E-state index in [1.807, 2.05) is 19.3 Å². The topological polar surface area (TPSA) is 44.2 Å². The standard InChI is InChI=1S/C24H33F3N2O2/c1-3-5-7-8-10-19-16-28-23(29-17-19)20-11-13-21(14-12-20)31-18-22(24(25,26)27)30-15-9-6-4-2/h11-14,16-17,22H,3-10,15,18H2,1-2H3. The van der Waals surface area contributed by atoms with Gasteiger partial charge >= 0.3 is 6.18 Å². The lowest BCUT2D eigenvalue weighted by Gasteiger charge is -2.21. The van der Waals surface area contributed by atoms with Crippen LogP contribution in [-0.4, -0.2) is 35.5 Å². The fourth-order valence-electron chi connectivity index (χ4n) is 3.08. The molecular formula is C24H33F3N2O2. The number of ether oxygens (including phenoxy) is 2. The Kier molecular flexibility index (Phi) is 10.8. The van der Waals surface area contributed by atoms with Gasteiger partial charge in [-0.3, -0.25) is 0 Å². The normalized spacial score (nSPS) is 12.7. The second-order valence-electron chi connectivity index (χ2n) is 7.67. The summed E-state index contributed by atoms with van der Waals surface area (Å²) < 4.78 is 49.8. The Morgan fingerprint density at radius 2 is 1.52 bits per heavy atom. The van der Waals surface area contributed by atoms with Crippen molar-refractivity contribution in [1.82, 2.24) is 9.97 Å². The van der Waals surface area contributed by atoms with E-state index in [-0.39, 0.29) is 6.61 Å². The molecule has 1 atom stereocenters. The third kappa shape index (κ3) is 9.25. The van der Waals surface area contributed by atoms with Crippen molar-refractivity contribution in [1.29, 1.82) is 0 Å². The molecule has 0 N–H and O–H groups in total. The SMILES string of the molecule is CCCCCCc1cnc(-c2ccc(OCC(OCCCCC)C(F)(F)F)cc2)nc1. The second-order valence-corrected chi connectivity index (χ2v) is 7.67. The van der Waals surface area contributed by atoms with Crippen molar-refractivity contribution in [2.75, 3.05) is 13.2 Å².